The normalized spacial score (nSPS) is 10.5. The van der Waals surface area contributed by atoms with E-state index < -0.39 is 0 Å². The molecule has 0 bridgehead atoms. The van der Waals surface area contributed by atoms with E-state index in [2.05, 4.69) is 15.7 Å². The molecule has 7 heteroatoms. The molecule has 3 rings (SSSR count). The largest absolute Gasteiger partial charge is 0.454 e. The fourth-order valence-corrected chi connectivity index (χ4v) is 2.84. The number of hydrogen-bond acceptors (Lipinski definition) is 4. The van der Waals surface area contributed by atoms with Gasteiger partial charge in [-0.15, -0.1) is 0 Å². The second-order valence-corrected chi connectivity index (χ2v) is 6.51. The van der Waals surface area contributed by atoms with E-state index in [0.717, 1.165) is 17.1 Å². The minimum absolute atomic E-state index is 0.0939. The predicted molar refractivity (Wildman–Crippen MR) is 108 cm³/mol. The van der Waals surface area contributed by atoms with Crippen LogP contribution in [0.1, 0.15) is 11.4 Å². The van der Waals surface area contributed by atoms with Crippen LogP contribution in [-0.2, 0) is 11.8 Å². The summed E-state index contributed by atoms with van der Waals surface area (Å²) in [4.78, 5) is 12.4. The van der Waals surface area contributed by atoms with Crippen molar-refractivity contribution in [2.75, 3.05) is 17.2 Å². The third-order valence-electron chi connectivity index (χ3n) is 4.16. The molecule has 0 aliphatic heterocycles. The van der Waals surface area contributed by atoms with Gasteiger partial charge in [-0.1, -0.05) is 35.9 Å². The lowest BCUT2D eigenvalue weighted by molar-refractivity contribution is -0.114. The zero-order valence-corrected chi connectivity index (χ0v) is 16.2. The van der Waals surface area contributed by atoms with Gasteiger partial charge in [-0.3, -0.25) is 9.48 Å². The Morgan fingerprint density at radius 1 is 1.11 bits per heavy atom. The van der Waals surface area contributed by atoms with Crippen LogP contribution in [0.25, 0.3) is 0 Å². The molecule has 3 aromatic rings. The maximum atomic E-state index is 12.4. The Hall–Kier alpha value is -2.99. The first-order valence-electron chi connectivity index (χ1n) is 8.51. The van der Waals surface area contributed by atoms with Crippen molar-refractivity contribution in [1.82, 2.24) is 9.78 Å². The molecule has 0 unspecified atom stereocenters. The summed E-state index contributed by atoms with van der Waals surface area (Å²) >= 11 is 6.16. The van der Waals surface area contributed by atoms with Crippen molar-refractivity contribution in [2.24, 2.45) is 7.05 Å². The number of aromatic nitrogens is 2. The van der Waals surface area contributed by atoms with Gasteiger partial charge in [-0.25, -0.2) is 0 Å². The minimum atomic E-state index is -0.165. The number of carbonyl (C=O) groups excluding carboxylic acids is 1. The average molecular weight is 385 g/mol. The molecule has 1 heterocycles. The lowest BCUT2D eigenvalue weighted by atomic mass is 10.2. The Bertz CT molecular complexity index is 968. The lowest BCUT2D eigenvalue weighted by Crippen LogP contribution is -2.22. The smallest absolute Gasteiger partial charge is 0.243 e. The van der Waals surface area contributed by atoms with Crippen LogP contribution in [-0.4, -0.2) is 22.2 Å². The number of aryl methyl sites for hydroxylation is 2. The highest BCUT2D eigenvalue weighted by Gasteiger charge is 2.13. The molecule has 1 aromatic heterocycles. The number of amides is 1. The summed E-state index contributed by atoms with van der Waals surface area (Å²) in [5.41, 5.74) is 3.13. The van der Waals surface area contributed by atoms with E-state index in [9.17, 15) is 4.79 Å². The molecular weight excluding hydrogens is 364 g/mol. The summed E-state index contributed by atoms with van der Waals surface area (Å²) in [5, 5.41) is 10.8. The third-order valence-corrected chi connectivity index (χ3v) is 4.47. The zero-order chi connectivity index (χ0) is 19.4. The molecule has 140 valence electrons. The SMILES string of the molecule is Cc1nn(C)c(C)c1NC(=O)CNc1ccccc1Oc1ccccc1Cl. The van der Waals surface area contributed by atoms with Gasteiger partial charge in [0.1, 0.15) is 5.75 Å². The van der Waals surface area contributed by atoms with Gasteiger partial charge in [0, 0.05) is 7.05 Å². The number of nitrogens with one attached hydrogen (secondary N) is 2. The Balaban J connectivity index is 1.68. The van der Waals surface area contributed by atoms with Gasteiger partial charge < -0.3 is 15.4 Å². The average Bonchev–Trinajstić information content (AvgIpc) is 2.89. The highest BCUT2D eigenvalue weighted by Crippen LogP contribution is 2.33. The second kappa shape index (κ2) is 8.14. The van der Waals surface area contributed by atoms with Crippen molar-refractivity contribution in [1.29, 1.82) is 0 Å². The second-order valence-electron chi connectivity index (χ2n) is 6.10. The zero-order valence-electron chi connectivity index (χ0n) is 15.4. The van der Waals surface area contributed by atoms with Crippen molar-refractivity contribution in [3.63, 3.8) is 0 Å². The van der Waals surface area contributed by atoms with Gasteiger partial charge >= 0.3 is 0 Å². The van der Waals surface area contributed by atoms with Crippen LogP contribution in [0.4, 0.5) is 11.4 Å². The molecular formula is C20H21ClN4O2. The van der Waals surface area contributed by atoms with Gasteiger partial charge in [0.05, 0.1) is 34.3 Å². The fraction of sp³-hybridized carbons (Fsp3) is 0.200. The van der Waals surface area contributed by atoms with E-state index in [-0.39, 0.29) is 12.5 Å². The van der Waals surface area contributed by atoms with E-state index in [1.807, 2.05) is 57.3 Å². The summed E-state index contributed by atoms with van der Waals surface area (Å²) < 4.78 is 7.63. The van der Waals surface area contributed by atoms with Gasteiger partial charge in [-0.05, 0) is 38.1 Å². The Morgan fingerprint density at radius 2 is 1.78 bits per heavy atom. The first-order valence-corrected chi connectivity index (χ1v) is 8.89. The summed E-state index contributed by atoms with van der Waals surface area (Å²) in [5.74, 6) is 0.980. The summed E-state index contributed by atoms with van der Waals surface area (Å²) in [6, 6.07) is 14.6. The number of nitrogens with zero attached hydrogens (tertiary/aromatic N) is 2. The molecule has 0 saturated heterocycles. The number of hydrogen-bond donors (Lipinski definition) is 2. The molecule has 2 N–H and O–H groups in total. The van der Waals surface area contributed by atoms with E-state index in [1.165, 1.54) is 0 Å². The van der Waals surface area contributed by atoms with Crippen molar-refractivity contribution in [3.8, 4) is 11.5 Å². The molecule has 27 heavy (non-hydrogen) atoms. The molecule has 0 atom stereocenters. The first kappa shape index (κ1) is 18.8. The number of benzene rings is 2. The molecule has 2 aromatic carbocycles. The number of para-hydroxylation sites is 3. The number of carbonyl (C=O) groups is 1. The molecule has 0 saturated carbocycles. The Kier molecular flexibility index (Phi) is 5.66. The van der Waals surface area contributed by atoms with Crippen LogP contribution < -0.4 is 15.4 Å². The van der Waals surface area contributed by atoms with Crippen LogP contribution in [0.3, 0.4) is 0 Å². The maximum absolute atomic E-state index is 12.4. The van der Waals surface area contributed by atoms with Gasteiger partial charge in [-0.2, -0.15) is 5.10 Å². The number of rotatable bonds is 6. The standard InChI is InChI=1S/C20H21ClN4O2/c1-13-20(14(2)25(3)24-13)23-19(26)12-22-16-9-5-7-11-18(16)27-17-10-6-4-8-15(17)21/h4-11,22H,12H2,1-3H3,(H,23,26). The molecule has 0 spiro atoms. The summed E-state index contributed by atoms with van der Waals surface area (Å²) in [6.45, 7) is 3.87. The van der Waals surface area contributed by atoms with Crippen molar-refractivity contribution in [3.05, 3.63) is 64.9 Å². The first-order chi connectivity index (χ1) is 13.0. The van der Waals surface area contributed by atoms with Crippen LogP contribution in [0.5, 0.6) is 11.5 Å². The molecule has 0 radical (unpaired) electrons. The Morgan fingerprint density at radius 3 is 2.44 bits per heavy atom. The number of halogens is 1. The third kappa shape index (κ3) is 4.41. The van der Waals surface area contributed by atoms with Gasteiger partial charge in [0.15, 0.2) is 5.75 Å². The van der Waals surface area contributed by atoms with E-state index in [0.29, 0.717) is 22.2 Å². The van der Waals surface area contributed by atoms with Gasteiger partial charge in [0.2, 0.25) is 5.91 Å². The van der Waals surface area contributed by atoms with E-state index in [4.69, 9.17) is 16.3 Å². The lowest BCUT2D eigenvalue weighted by Gasteiger charge is -2.14. The van der Waals surface area contributed by atoms with Crippen molar-refractivity contribution in [2.45, 2.75) is 13.8 Å². The van der Waals surface area contributed by atoms with Crippen LogP contribution in [0, 0.1) is 13.8 Å². The molecule has 6 nitrogen and oxygen atoms in total. The maximum Gasteiger partial charge on any atom is 0.243 e. The number of anilines is 2. The highest BCUT2D eigenvalue weighted by molar-refractivity contribution is 6.32. The monoisotopic (exact) mass is 384 g/mol. The summed E-state index contributed by atoms with van der Waals surface area (Å²) in [7, 11) is 1.85. The van der Waals surface area contributed by atoms with E-state index >= 15 is 0 Å². The van der Waals surface area contributed by atoms with E-state index in [1.54, 1.807) is 16.8 Å². The molecule has 0 fully saturated rings. The topological polar surface area (TPSA) is 68.2 Å². The minimum Gasteiger partial charge on any atom is -0.454 e. The fourth-order valence-electron chi connectivity index (χ4n) is 2.66. The van der Waals surface area contributed by atoms with Crippen LogP contribution >= 0.6 is 11.6 Å². The summed E-state index contributed by atoms with van der Waals surface area (Å²) in [6.07, 6.45) is 0. The molecule has 1 amide bonds. The van der Waals surface area contributed by atoms with Crippen LogP contribution in [0.15, 0.2) is 48.5 Å². The van der Waals surface area contributed by atoms with Crippen LogP contribution in [0.2, 0.25) is 5.02 Å². The quantitative estimate of drug-likeness (QED) is 0.655. The highest BCUT2D eigenvalue weighted by atomic mass is 35.5. The van der Waals surface area contributed by atoms with Crippen molar-refractivity contribution >= 4 is 28.9 Å². The van der Waals surface area contributed by atoms with Crippen molar-refractivity contribution < 1.29 is 9.53 Å². The molecule has 0 aliphatic rings. The number of ether oxygens (including phenoxy) is 1. The predicted octanol–water partition coefficient (Wildman–Crippen LogP) is 4.53. The van der Waals surface area contributed by atoms with Gasteiger partial charge in [0.25, 0.3) is 0 Å². The molecule has 0 aliphatic carbocycles. The Labute approximate surface area is 163 Å².